The molecule has 1 aromatic heterocycles. The first-order valence-electron chi connectivity index (χ1n) is 10.3. The van der Waals surface area contributed by atoms with Gasteiger partial charge in [0.1, 0.15) is 11.9 Å². The largest absolute Gasteiger partial charge is 0.346 e. The Labute approximate surface area is 180 Å². The molecule has 31 heavy (non-hydrogen) atoms. The van der Waals surface area contributed by atoms with Crippen LogP contribution in [0.3, 0.4) is 0 Å². The molecule has 3 N–H and O–H groups in total. The monoisotopic (exact) mass is 419 g/mol. The zero-order chi connectivity index (χ0) is 22.1. The van der Waals surface area contributed by atoms with E-state index >= 15 is 0 Å². The number of imidazole rings is 1. The second-order valence-corrected chi connectivity index (χ2v) is 8.07. The molecule has 2 heterocycles. The highest BCUT2D eigenvalue weighted by molar-refractivity contribution is 6.10. The second kappa shape index (κ2) is 8.22. The van der Waals surface area contributed by atoms with E-state index in [2.05, 4.69) is 16.0 Å². The lowest BCUT2D eigenvalue weighted by Crippen LogP contribution is -2.45. The number of fused-ring (bicyclic) bond motifs is 2. The number of aromatic nitrogens is 2. The molecule has 8 nitrogen and oxygen atoms in total. The number of hydrogen-bond acceptors (Lipinski definition) is 4. The molecule has 0 aliphatic carbocycles. The Kier molecular flexibility index (Phi) is 5.46. The van der Waals surface area contributed by atoms with Crippen LogP contribution in [0.5, 0.6) is 0 Å². The van der Waals surface area contributed by atoms with Crippen LogP contribution in [0, 0.1) is 5.92 Å². The summed E-state index contributed by atoms with van der Waals surface area (Å²) in [4.78, 5) is 42.7. The van der Waals surface area contributed by atoms with E-state index in [1.807, 2.05) is 49.7 Å². The first-order chi connectivity index (χ1) is 14.8. The van der Waals surface area contributed by atoms with Crippen LogP contribution in [-0.4, -0.2) is 33.3 Å². The third-order valence-electron chi connectivity index (χ3n) is 5.52. The Balaban J connectivity index is 1.52. The summed E-state index contributed by atoms with van der Waals surface area (Å²) in [6, 6.07) is 13.2. The number of anilines is 1. The van der Waals surface area contributed by atoms with Crippen molar-refractivity contribution in [2.24, 2.45) is 13.0 Å². The molecule has 160 valence electrons. The van der Waals surface area contributed by atoms with Gasteiger partial charge in [-0.3, -0.25) is 14.4 Å². The predicted octanol–water partition coefficient (Wildman–Crippen LogP) is 2.53. The van der Waals surface area contributed by atoms with E-state index in [0.29, 0.717) is 11.3 Å². The van der Waals surface area contributed by atoms with E-state index < -0.39 is 11.9 Å². The number of rotatable bonds is 5. The minimum absolute atomic E-state index is 0.0706. The molecule has 8 heteroatoms. The van der Waals surface area contributed by atoms with E-state index in [4.69, 9.17) is 4.98 Å². The molecule has 4 rings (SSSR count). The number of carbonyl (C=O) groups is 3. The van der Waals surface area contributed by atoms with Crippen LogP contribution >= 0.6 is 0 Å². The Morgan fingerprint density at radius 1 is 1.13 bits per heavy atom. The van der Waals surface area contributed by atoms with Crippen molar-refractivity contribution >= 4 is 34.4 Å². The van der Waals surface area contributed by atoms with Gasteiger partial charge in [0.25, 0.3) is 5.91 Å². The predicted molar refractivity (Wildman–Crippen MR) is 117 cm³/mol. The van der Waals surface area contributed by atoms with Gasteiger partial charge in [0, 0.05) is 7.05 Å². The molecule has 0 bridgehead atoms. The van der Waals surface area contributed by atoms with Crippen LogP contribution in [0.4, 0.5) is 5.69 Å². The van der Waals surface area contributed by atoms with Crippen molar-refractivity contribution < 1.29 is 14.4 Å². The molecule has 1 aliphatic rings. The Bertz CT molecular complexity index is 1170. The van der Waals surface area contributed by atoms with Crippen molar-refractivity contribution in [1.29, 1.82) is 0 Å². The number of nitrogens with one attached hydrogen (secondary N) is 3. The van der Waals surface area contributed by atoms with Gasteiger partial charge in [-0.2, -0.15) is 0 Å². The molecule has 2 atom stereocenters. The maximum Gasteiger partial charge on any atom is 0.254 e. The van der Waals surface area contributed by atoms with E-state index in [9.17, 15) is 14.4 Å². The van der Waals surface area contributed by atoms with E-state index in [1.165, 1.54) is 0 Å². The third kappa shape index (κ3) is 4.01. The fraction of sp³-hybridized carbons (Fsp3) is 0.304. The second-order valence-electron chi connectivity index (χ2n) is 8.07. The summed E-state index contributed by atoms with van der Waals surface area (Å²) in [5.74, 6) is -0.329. The normalized spacial score (nSPS) is 17.0. The average molecular weight is 419 g/mol. The summed E-state index contributed by atoms with van der Waals surface area (Å²) in [5.41, 5.74) is 2.64. The first kappa shape index (κ1) is 20.6. The number of amides is 3. The molecule has 0 saturated carbocycles. The Morgan fingerprint density at radius 3 is 2.58 bits per heavy atom. The van der Waals surface area contributed by atoms with Gasteiger partial charge in [0.15, 0.2) is 0 Å². The Hall–Kier alpha value is -3.68. The maximum absolute atomic E-state index is 12.9. The zero-order valence-electron chi connectivity index (χ0n) is 17.7. The smallest absolute Gasteiger partial charge is 0.254 e. The van der Waals surface area contributed by atoms with Crippen molar-refractivity contribution in [3.8, 4) is 0 Å². The number of hydrogen-bond donors (Lipinski definition) is 3. The summed E-state index contributed by atoms with van der Waals surface area (Å²) in [6.07, 6.45) is -0.168. The molecule has 3 aromatic rings. The summed E-state index contributed by atoms with van der Waals surface area (Å²) in [6.45, 7) is 4.00. The minimum Gasteiger partial charge on any atom is -0.346 e. The minimum atomic E-state index is -0.965. The molecule has 0 unspecified atom stereocenters. The molecule has 2 aromatic carbocycles. The fourth-order valence-electron chi connectivity index (χ4n) is 3.84. The third-order valence-corrected chi connectivity index (χ3v) is 5.52. The highest BCUT2D eigenvalue weighted by Crippen LogP contribution is 2.25. The molecule has 1 aliphatic heterocycles. The van der Waals surface area contributed by atoms with Crippen molar-refractivity contribution in [1.82, 2.24) is 20.2 Å². The van der Waals surface area contributed by atoms with Gasteiger partial charge in [-0.1, -0.05) is 38.1 Å². The molecule has 0 fully saturated rings. The number of carbonyl (C=O) groups excluding carboxylic acids is 3. The standard InChI is InChI=1S/C23H25N5O3/c1-13(2)20(21-24-16-10-6-7-11-18(16)28(21)3)27-19(29)12-17-23(31)25-15-9-5-4-8-14(15)22(30)26-17/h4-11,13,17,20H,12H2,1-3H3,(H,25,31)(H,26,30)(H,27,29)/t17-,20-/m0/s1. The van der Waals surface area contributed by atoms with Gasteiger partial charge < -0.3 is 20.5 Å². The highest BCUT2D eigenvalue weighted by Gasteiger charge is 2.31. The lowest BCUT2D eigenvalue weighted by Gasteiger charge is -2.23. The lowest BCUT2D eigenvalue weighted by molar-refractivity contribution is -0.126. The molecule has 0 spiro atoms. The summed E-state index contributed by atoms with van der Waals surface area (Å²) in [7, 11) is 1.92. The Morgan fingerprint density at radius 2 is 1.84 bits per heavy atom. The number of nitrogens with zero attached hydrogens (tertiary/aromatic N) is 2. The van der Waals surface area contributed by atoms with Crippen LogP contribution in [0.15, 0.2) is 48.5 Å². The van der Waals surface area contributed by atoms with Gasteiger partial charge in [-0.05, 0) is 30.2 Å². The highest BCUT2D eigenvalue weighted by atomic mass is 16.2. The van der Waals surface area contributed by atoms with E-state index in [1.54, 1.807) is 24.3 Å². The van der Waals surface area contributed by atoms with Gasteiger partial charge in [0.2, 0.25) is 11.8 Å². The molecule has 3 amide bonds. The number of para-hydroxylation sites is 3. The zero-order valence-corrected chi connectivity index (χ0v) is 17.7. The van der Waals surface area contributed by atoms with Crippen LogP contribution < -0.4 is 16.0 Å². The first-order valence-corrected chi connectivity index (χ1v) is 10.3. The summed E-state index contributed by atoms with van der Waals surface area (Å²) < 4.78 is 1.97. The quantitative estimate of drug-likeness (QED) is 0.591. The fourth-order valence-corrected chi connectivity index (χ4v) is 3.84. The van der Waals surface area contributed by atoms with Crippen molar-refractivity contribution in [2.45, 2.75) is 32.4 Å². The van der Waals surface area contributed by atoms with Crippen molar-refractivity contribution in [3.63, 3.8) is 0 Å². The maximum atomic E-state index is 12.9. The van der Waals surface area contributed by atoms with Gasteiger partial charge in [-0.25, -0.2) is 4.98 Å². The van der Waals surface area contributed by atoms with Crippen LogP contribution in [-0.2, 0) is 16.6 Å². The van der Waals surface area contributed by atoms with Gasteiger partial charge in [0.05, 0.1) is 34.7 Å². The summed E-state index contributed by atoms with van der Waals surface area (Å²) >= 11 is 0. The van der Waals surface area contributed by atoms with Gasteiger partial charge >= 0.3 is 0 Å². The van der Waals surface area contributed by atoms with E-state index in [-0.39, 0.29) is 30.2 Å². The van der Waals surface area contributed by atoms with Crippen LogP contribution in [0.2, 0.25) is 0 Å². The topological polar surface area (TPSA) is 105 Å². The van der Waals surface area contributed by atoms with Crippen LogP contribution in [0.1, 0.15) is 42.5 Å². The molecule has 0 radical (unpaired) electrons. The van der Waals surface area contributed by atoms with E-state index in [0.717, 1.165) is 16.9 Å². The number of aryl methyl sites for hydroxylation is 1. The molecule has 0 saturated heterocycles. The molecular formula is C23H25N5O3. The molecular weight excluding hydrogens is 394 g/mol. The SMILES string of the molecule is CC(C)[C@H](NC(=O)C[C@@H]1NC(=O)c2ccccc2NC1=O)c1nc2ccccc2n1C. The van der Waals surface area contributed by atoms with Gasteiger partial charge in [-0.15, -0.1) is 0 Å². The van der Waals surface area contributed by atoms with Crippen molar-refractivity contribution in [3.05, 3.63) is 59.9 Å². The number of benzene rings is 2. The average Bonchev–Trinajstić information content (AvgIpc) is 3.02. The summed E-state index contributed by atoms with van der Waals surface area (Å²) in [5, 5.41) is 8.39. The van der Waals surface area contributed by atoms with Crippen molar-refractivity contribution in [2.75, 3.05) is 5.32 Å². The van der Waals surface area contributed by atoms with Crippen LogP contribution in [0.25, 0.3) is 11.0 Å². The lowest BCUT2D eigenvalue weighted by atomic mass is 10.0.